The average molecular weight is 385 g/mol. The molecule has 4 aromatic rings. The molecule has 1 aliphatic heterocycles. The van der Waals surface area contributed by atoms with Gasteiger partial charge in [0.2, 0.25) is 0 Å². The topological polar surface area (TPSA) is 76.5 Å². The molecular formula is C23H19N3O3. The highest BCUT2D eigenvalue weighted by Gasteiger charge is 2.31. The first kappa shape index (κ1) is 16.5. The molecule has 6 nitrogen and oxygen atoms in total. The summed E-state index contributed by atoms with van der Waals surface area (Å²) in [4.78, 5) is 32.8. The summed E-state index contributed by atoms with van der Waals surface area (Å²) in [5.74, 6) is -0.480. The smallest absolute Gasteiger partial charge is 0.325 e. The molecule has 3 heterocycles. The Kier molecular flexibility index (Phi) is 3.30. The number of aliphatic imine (C=N–C) groups is 1. The number of hydrogen-bond acceptors (Lipinski definition) is 3. The molecule has 0 bridgehead atoms. The molecule has 0 saturated heterocycles. The van der Waals surface area contributed by atoms with Crippen molar-refractivity contribution in [2.75, 3.05) is 7.11 Å². The van der Waals surface area contributed by atoms with E-state index in [1.54, 1.807) is 6.21 Å². The molecule has 0 atom stereocenters. The fraction of sp³-hybridized carbons (Fsp3) is 0.261. The Morgan fingerprint density at radius 2 is 2.03 bits per heavy atom. The van der Waals surface area contributed by atoms with Gasteiger partial charge in [0.1, 0.15) is 6.54 Å². The maximum absolute atomic E-state index is 12.8. The maximum atomic E-state index is 12.8. The zero-order valence-corrected chi connectivity index (χ0v) is 16.0. The zero-order chi connectivity index (χ0) is 19.7. The standard InChI is InChI=1S/C23H19N3O3/c1-29-17(27)11-26-16-9-5-3-7-13(16)18-14-10-24-23(28)20(14)19-12-6-2-4-8-15(12)25-21(19)22(18)26/h3,5,7,9-10,25H,2,4,6,8,11H2,1H3. The summed E-state index contributed by atoms with van der Waals surface area (Å²) in [6, 6.07) is 7.99. The molecule has 6 rings (SSSR count). The van der Waals surface area contributed by atoms with Gasteiger partial charge < -0.3 is 14.3 Å². The first-order chi connectivity index (χ1) is 14.2. The van der Waals surface area contributed by atoms with Crippen LogP contribution in [-0.4, -0.2) is 34.8 Å². The van der Waals surface area contributed by atoms with Gasteiger partial charge in [-0.3, -0.25) is 9.59 Å². The third-order valence-corrected chi connectivity index (χ3v) is 6.33. The van der Waals surface area contributed by atoms with Crippen molar-refractivity contribution in [3.05, 3.63) is 46.6 Å². The highest BCUT2D eigenvalue weighted by molar-refractivity contribution is 6.33. The summed E-state index contributed by atoms with van der Waals surface area (Å²) in [5.41, 5.74) is 6.83. The number of hydrogen-bond donors (Lipinski definition) is 1. The van der Waals surface area contributed by atoms with Crippen LogP contribution in [0.25, 0.3) is 32.7 Å². The Bertz CT molecular complexity index is 1400. The molecule has 6 heteroatoms. The van der Waals surface area contributed by atoms with Crippen molar-refractivity contribution in [3.8, 4) is 0 Å². The van der Waals surface area contributed by atoms with Crippen molar-refractivity contribution in [1.82, 2.24) is 9.55 Å². The summed E-state index contributed by atoms with van der Waals surface area (Å²) in [7, 11) is 1.40. The molecule has 2 aliphatic rings. The zero-order valence-electron chi connectivity index (χ0n) is 16.0. The van der Waals surface area contributed by atoms with Gasteiger partial charge in [0, 0.05) is 39.1 Å². The lowest BCUT2D eigenvalue weighted by Crippen LogP contribution is -2.11. The fourth-order valence-electron chi connectivity index (χ4n) is 5.13. The predicted octanol–water partition coefficient (Wildman–Crippen LogP) is 3.90. The predicted molar refractivity (Wildman–Crippen MR) is 112 cm³/mol. The van der Waals surface area contributed by atoms with Gasteiger partial charge in [0.25, 0.3) is 5.91 Å². The van der Waals surface area contributed by atoms with Gasteiger partial charge in [-0.15, -0.1) is 0 Å². The van der Waals surface area contributed by atoms with Crippen molar-refractivity contribution in [2.45, 2.75) is 32.2 Å². The second-order valence-electron chi connectivity index (χ2n) is 7.79. The number of benzene rings is 2. The number of nitrogens with zero attached hydrogens (tertiary/aromatic N) is 2. The van der Waals surface area contributed by atoms with E-state index in [9.17, 15) is 9.59 Å². The number of esters is 1. The Morgan fingerprint density at radius 3 is 2.90 bits per heavy atom. The highest BCUT2D eigenvalue weighted by Crippen LogP contribution is 2.43. The molecule has 0 spiro atoms. The number of methoxy groups -OCH3 is 1. The lowest BCUT2D eigenvalue weighted by atomic mass is 9.91. The van der Waals surface area contributed by atoms with Crippen molar-refractivity contribution in [3.63, 3.8) is 0 Å². The maximum Gasteiger partial charge on any atom is 0.325 e. The van der Waals surface area contributed by atoms with E-state index >= 15 is 0 Å². The molecule has 2 aromatic heterocycles. The molecule has 144 valence electrons. The lowest BCUT2D eigenvalue weighted by molar-refractivity contribution is -0.141. The summed E-state index contributed by atoms with van der Waals surface area (Å²) in [6.45, 7) is 0.114. The number of ether oxygens (including phenoxy) is 1. The molecule has 0 radical (unpaired) electrons. The van der Waals surface area contributed by atoms with Crippen molar-refractivity contribution < 1.29 is 14.3 Å². The fourth-order valence-corrected chi connectivity index (χ4v) is 5.13. The van der Waals surface area contributed by atoms with Gasteiger partial charge in [-0.1, -0.05) is 18.2 Å². The van der Waals surface area contributed by atoms with Crippen molar-refractivity contribution >= 4 is 50.8 Å². The molecule has 0 fully saturated rings. The Hall–Kier alpha value is -3.41. The lowest BCUT2D eigenvalue weighted by Gasteiger charge is -2.12. The SMILES string of the molecule is COC(=O)Cn1c2ccccc2c2c3c(c4c5c([nH]c4c21)CCCC5)C(=O)N=C3. The first-order valence-electron chi connectivity index (χ1n) is 9.94. The van der Waals surface area contributed by atoms with Gasteiger partial charge in [0.05, 0.1) is 23.7 Å². The number of para-hydroxylation sites is 1. The normalized spacial score (nSPS) is 15.4. The van der Waals surface area contributed by atoms with E-state index in [2.05, 4.69) is 9.98 Å². The van der Waals surface area contributed by atoms with Crippen LogP contribution in [0, 0.1) is 0 Å². The number of aromatic nitrogens is 2. The van der Waals surface area contributed by atoms with E-state index in [1.165, 1.54) is 18.4 Å². The number of H-pyrrole nitrogens is 1. The quantitative estimate of drug-likeness (QED) is 0.532. The van der Waals surface area contributed by atoms with Gasteiger partial charge in [0.15, 0.2) is 0 Å². The third kappa shape index (κ3) is 2.08. The van der Waals surface area contributed by atoms with Gasteiger partial charge in [-0.2, -0.15) is 0 Å². The van der Waals surface area contributed by atoms with Crippen LogP contribution in [0.15, 0.2) is 29.3 Å². The molecule has 1 N–H and O–H groups in total. The largest absolute Gasteiger partial charge is 0.468 e. The van der Waals surface area contributed by atoms with Crippen LogP contribution in [0.4, 0.5) is 0 Å². The molecule has 2 aromatic carbocycles. The van der Waals surface area contributed by atoms with Gasteiger partial charge in [-0.25, -0.2) is 4.99 Å². The average Bonchev–Trinajstić information content (AvgIpc) is 3.40. The number of rotatable bonds is 2. The third-order valence-electron chi connectivity index (χ3n) is 6.33. The first-order valence-corrected chi connectivity index (χ1v) is 9.94. The summed E-state index contributed by atoms with van der Waals surface area (Å²) >= 11 is 0. The van der Waals surface area contributed by atoms with Gasteiger partial charge >= 0.3 is 5.97 Å². The van der Waals surface area contributed by atoms with E-state index < -0.39 is 0 Å². The molecule has 0 saturated carbocycles. The number of amides is 1. The minimum absolute atomic E-state index is 0.114. The number of nitrogens with one attached hydrogen (secondary N) is 1. The Morgan fingerprint density at radius 1 is 1.21 bits per heavy atom. The number of aryl methyl sites for hydroxylation is 2. The summed E-state index contributed by atoms with van der Waals surface area (Å²) in [5, 5.41) is 2.97. The van der Waals surface area contributed by atoms with Crippen LogP contribution >= 0.6 is 0 Å². The second kappa shape index (κ2) is 5.80. The minimum Gasteiger partial charge on any atom is -0.468 e. The van der Waals surface area contributed by atoms with Crippen LogP contribution in [-0.2, 0) is 28.9 Å². The summed E-state index contributed by atoms with van der Waals surface area (Å²) in [6.07, 6.45) is 5.88. The number of fused-ring (bicyclic) bond motifs is 10. The van der Waals surface area contributed by atoms with E-state index in [4.69, 9.17) is 4.74 Å². The molecule has 29 heavy (non-hydrogen) atoms. The second-order valence-corrected chi connectivity index (χ2v) is 7.79. The van der Waals surface area contributed by atoms with Crippen molar-refractivity contribution in [1.29, 1.82) is 0 Å². The monoisotopic (exact) mass is 385 g/mol. The minimum atomic E-state index is -0.303. The van der Waals surface area contributed by atoms with Crippen LogP contribution in [0.3, 0.4) is 0 Å². The number of carbonyl (C=O) groups is 2. The highest BCUT2D eigenvalue weighted by atomic mass is 16.5. The van der Waals surface area contributed by atoms with Crippen molar-refractivity contribution in [2.24, 2.45) is 4.99 Å². The Balaban J connectivity index is 1.87. The van der Waals surface area contributed by atoms with E-state index in [0.717, 1.165) is 64.0 Å². The number of carbonyl (C=O) groups excluding carboxylic acids is 2. The Labute approximate surface area is 166 Å². The van der Waals surface area contributed by atoms with E-state index in [0.29, 0.717) is 5.56 Å². The molecule has 1 aliphatic carbocycles. The molecule has 0 unspecified atom stereocenters. The van der Waals surface area contributed by atoms with Crippen LogP contribution in [0.2, 0.25) is 0 Å². The number of aromatic amines is 1. The van der Waals surface area contributed by atoms with Crippen LogP contribution < -0.4 is 0 Å². The van der Waals surface area contributed by atoms with E-state index in [-0.39, 0.29) is 18.4 Å². The molecule has 1 amide bonds. The van der Waals surface area contributed by atoms with Crippen LogP contribution in [0.1, 0.15) is 40.0 Å². The molecular weight excluding hydrogens is 366 g/mol. The van der Waals surface area contributed by atoms with Gasteiger partial charge in [-0.05, 0) is 37.3 Å². The summed E-state index contributed by atoms with van der Waals surface area (Å²) < 4.78 is 6.99. The van der Waals surface area contributed by atoms with E-state index in [1.807, 2.05) is 28.8 Å². The van der Waals surface area contributed by atoms with Crippen LogP contribution in [0.5, 0.6) is 0 Å².